The van der Waals surface area contributed by atoms with Crippen molar-refractivity contribution >= 4 is 22.8 Å². The predicted molar refractivity (Wildman–Crippen MR) is 137 cm³/mol. The van der Waals surface area contributed by atoms with E-state index in [-0.39, 0.29) is 11.5 Å². The fourth-order valence-corrected chi connectivity index (χ4v) is 5.59. The van der Waals surface area contributed by atoms with Crippen LogP contribution in [0.5, 0.6) is 5.75 Å². The van der Waals surface area contributed by atoms with Gasteiger partial charge in [-0.2, -0.15) is 4.98 Å². The summed E-state index contributed by atoms with van der Waals surface area (Å²) in [5.41, 5.74) is 8.49. The van der Waals surface area contributed by atoms with Gasteiger partial charge in [0.05, 0.1) is 13.3 Å². The van der Waals surface area contributed by atoms with Gasteiger partial charge in [-0.3, -0.25) is 14.3 Å². The van der Waals surface area contributed by atoms with Gasteiger partial charge in [-0.1, -0.05) is 0 Å². The molecule has 2 atom stereocenters. The maximum Gasteiger partial charge on any atom is 0.270 e. The zero-order valence-electron chi connectivity index (χ0n) is 20.4. The lowest BCUT2D eigenvalue weighted by Gasteiger charge is -2.42. The number of fused-ring (bicyclic) bond motifs is 3. The highest BCUT2D eigenvalue weighted by atomic mass is 16.5. The van der Waals surface area contributed by atoms with Crippen LogP contribution in [0.2, 0.25) is 0 Å². The van der Waals surface area contributed by atoms with Crippen molar-refractivity contribution in [3.05, 3.63) is 58.7 Å². The maximum atomic E-state index is 12.9. The number of piperazine rings is 1. The van der Waals surface area contributed by atoms with Gasteiger partial charge in [-0.05, 0) is 56.2 Å². The van der Waals surface area contributed by atoms with Crippen molar-refractivity contribution in [1.82, 2.24) is 24.4 Å². The van der Waals surface area contributed by atoms with Crippen molar-refractivity contribution in [2.45, 2.75) is 38.4 Å². The lowest BCUT2D eigenvalue weighted by Crippen LogP contribution is -2.54. The SMILES string of the molecule is COc1ccc(N2CC3CCC(C2)N3CCn2c(=O)cnc3c(-c4ccc(C)o4)nc(N)nc32)cc1. The van der Waals surface area contributed by atoms with Gasteiger partial charge in [0, 0.05) is 44.0 Å². The number of benzene rings is 1. The van der Waals surface area contributed by atoms with E-state index in [2.05, 4.69) is 36.9 Å². The second-order valence-electron chi connectivity index (χ2n) is 9.49. The molecule has 10 heteroatoms. The van der Waals surface area contributed by atoms with E-state index in [1.165, 1.54) is 11.9 Å². The van der Waals surface area contributed by atoms with Gasteiger partial charge in [0.1, 0.15) is 22.7 Å². The second kappa shape index (κ2) is 8.94. The number of methoxy groups -OCH3 is 1. The number of anilines is 2. The molecule has 4 aromatic rings. The molecule has 2 aliphatic rings. The monoisotopic (exact) mass is 487 g/mol. The third-order valence-electron chi connectivity index (χ3n) is 7.34. The minimum Gasteiger partial charge on any atom is -0.497 e. The molecule has 0 amide bonds. The molecular formula is C26H29N7O3. The standard InChI is InChI=1S/C26H29N7O3/c1-16-3-10-21(36-16)23-24-25(30-26(27)29-23)33(22(34)13-28-24)12-11-32-18-4-5-19(32)15-31(14-18)17-6-8-20(35-2)9-7-17/h3,6-10,13,18-19H,4-5,11-12,14-15H2,1-2H3,(H2,27,29,30). The summed E-state index contributed by atoms with van der Waals surface area (Å²) >= 11 is 0. The number of ether oxygens (including phenoxy) is 1. The summed E-state index contributed by atoms with van der Waals surface area (Å²) in [6, 6.07) is 12.8. The Morgan fingerprint density at radius 2 is 1.81 bits per heavy atom. The molecule has 1 aromatic carbocycles. The molecule has 10 nitrogen and oxygen atoms in total. The highest BCUT2D eigenvalue weighted by Crippen LogP contribution is 2.33. The van der Waals surface area contributed by atoms with Crippen LogP contribution in [-0.2, 0) is 6.54 Å². The fourth-order valence-electron chi connectivity index (χ4n) is 5.59. The number of furan rings is 1. The Labute approximate surface area is 208 Å². The lowest BCUT2D eigenvalue weighted by molar-refractivity contribution is 0.163. The van der Waals surface area contributed by atoms with Gasteiger partial charge in [-0.25, -0.2) is 9.97 Å². The molecule has 2 N–H and O–H groups in total. The third-order valence-corrected chi connectivity index (χ3v) is 7.34. The quantitative estimate of drug-likeness (QED) is 0.438. The van der Waals surface area contributed by atoms with Crippen LogP contribution in [-0.4, -0.2) is 63.2 Å². The summed E-state index contributed by atoms with van der Waals surface area (Å²) in [6.45, 7) is 5.05. The molecule has 0 spiro atoms. The first-order valence-corrected chi connectivity index (χ1v) is 12.2. The molecule has 5 heterocycles. The Hall–Kier alpha value is -3.92. The van der Waals surface area contributed by atoms with Crippen LogP contribution in [0.3, 0.4) is 0 Å². The molecule has 2 fully saturated rings. The van der Waals surface area contributed by atoms with E-state index in [1.807, 2.05) is 31.2 Å². The summed E-state index contributed by atoms with van der Waals surface area (Å²) in [5, 5.41) is 0. The Balaban J connectivity index is 1.24. The van der Waals surface area contributed by atoms with E-state index in [1.54, 1.807) is 11.7 Å². The van der Waals surface area contributed by atoms with Gasteiger partial charge in [0.2, 0.25) is 5.95 Å². The summed E-state index contributed by atoms with van der Waals surface area (Å²) in [4.78, 5) is 31.0. The number of nitrogens with zero attached hydrogens (tertiary/aromatic N) is 6. The highest BCUT2D eigenvalue weighted by Gasteiger charge is 2.39. The summed E-state index contributed by atoms with van der Waals surface area (Å²) in [6.07, 6.45) is 3.64. The average molecular weight is 488 g/mol. The van der Waals surface area contributed by atoms with Gasteiger partial charge in [0.25, 0.3) is 5.56 Å². The summed E-state index contributed by atoms with van der Waals surface area (Å²) in [5.74, 6) is 2.26. The van der Waals surface area contributed by atoms with Crippen LogP contribution in [0.1, 0.15) is 18.6 Å². The van der Waals surface area contributed by atoms with Crippen LogP contribution < -0.4 is 20.9 Å². The first-order valence-electron chi connectivity index (χ1n) is 12.2. The van der Waals surface area contributed by atoms with E-state index in [9.17, 15) is 4.79 Å². The molecule has 2 bridgehead atoms. The number of hydrogen-bond acceptors (Lipinski definition) is 9. The fraction of sp³-hybridized carbons (Fsp3) is 0.385. The van der Waals surface area contributed by atoms with E-state index >= 15 is 0 Å². The zero-order chi connectivity index (χ0) is 24.8. The first kappa shape index (κ1) is 22.5. The number of rotatable bonds is 6. The molecule has 2 saturated heterocycles. The van der Waals surface area contributed by atoms with Gasteiger partial charge in [-0.15, -0.1) is 0 Å². The average Bonchev–Trinajstić information content (AvgIpc) is 3.41. The Kier molecular flexibility index (Phi) is 5.60. The number of aromatic nitrogens is 4. The highest BCUT2D eigenvalue weighted by molar-refractivity contribution is 5.86. The number of nitrogens with two attached hydrogens (primary N) is 1. The largest absolute Gasteiger partial charge is 0.497 e. The summed E-state index contributed by atoms with van der Waals surface area (Å²) in [7, 11) is 1.68. The second-order valence-corrected chi connectivity index (χ2v) is 9.49. The minimum atomic E-state index is -0.202. The van der Waals surface area contributed by atoms with Crippen molar-refractivity contribution in [1.29, 1.82) is 0 Å². The predicted octanol–water partition coefficient (Wildman–Crippen LogP) is 2.70. The smallest absolute Gasteiger partial charge is 0.270 e. The number of hydrogen-bond donors (Lipinski definition) is 1. The molecule has 0 aliphatic carbocycles. The van der Waals surface area contributed by atoms with Crippen molar-refractivity contribution in [3.63, 3.8) is 0 Å². The molecule has 36 heavy (non-hydrogen) atoms. The number of nitrogen functional groups attached to an aromatic ring is 1. The molecule has 0 saturated carbocycles. The molecule has 2 aliphatic heterocycles. The third kappa shape index (κ3) is 3.97. The lowest BCUT2D eigenvalue weighted by atomic mass is 10.1. The van der Waals surface area contributed by atoms with Crippen molar-refractivity contribution in [2.75, 3.05) is 37.4 Å². The van der Waals surface area contributed by atoms with Crippen LogP contribution in [0, 0.1) is 6.92 Å². The van der Waals surface area contributed by atoms with E-state index in [0.717, 1.165) is 44.0 Å². The van der Waals surface area contributed by atoms with Crippen molar-refractivity contribution in [3.8, 4) is 17.2 Å². The van der Waals surface area contributed by atoms with E-state index in [4.69, 9.17) is 14.9 Å². The molecule has 186 valence electrons. The topological polar surface area (TPSA) is 116 Å². The van der Waals surface area contributed by atoms with Crippen LogP contribution in [0.25, 0.3) is 22.6 Å². The minimum absolute atomic E-state index is 0.0841. The summed E-state index contributed by atoms with van der Waals surface area (Å²) < 4.78 is 12.7. The van der Waals surface area contributed by atoms with Crippen molar-refractivity contribution < 1.29 is 9.15 Å². The Morgan fingerprint density at radius 3 is 2.47 bits per heavy atom. The zero-order valence-corrected chi connectivity index (χ0v) is 20.4. The van der Waals surface area contributed by atoms with E-state index < -0.39 is 0 Å². The maximum absolute atomic E-state index is 12.9. The Bertz CT molecular complexity index is 1450. The van der Waals surface area contributed by atoms with Crippen LogP contribution in [0.4, 0.5) is 11.6 Å². The van der Waals surface area contributed by atoms with Crippen LogP contribution >= 0.6 is 0 Å². The molecule has 2 unspecified atom stereocenters. The van der Waals surface area contributed by atoms with E-state index in [0.29, 0.717) is 41.2 Å². The van der Waals surface area contributed by atoms with Crippen LogP contribution in [0.15, 0.2) is 51.8 Å². The van der Waals surface area contributed by atoms with Gasteiger partial charge < -0.3 is 19.8 Å². The molecular weight excluding hydrogens is 458 g/mol. The molecule has 6 rings (SSSR count). The van der Waals surface area contributed by atoms with Gasteiger partial charge in [0.15, 0.2) is 11.4 Å². The van der Waals surface area contributed by atoms with Gasteiger partial charge >= 0.3 is 0 Å². The molecule has 0 radical (unpaired) electrons. The first-order chi connectivity index (χ1) is 17.5. The molecule has 3 aromatic heterocycles. The number of aryl methyl sites for hydroxylation is 1. The van der Waals surface area contributed by atoms with Crippen molar-refractivity contribution in [2.24, 2.45) is 0 Å². The normalized spacial score (nSPS) is 19.8. The Morgan fingerprint density at radius 1 is 1.06 bits per heavy atom.